The number of likely N-dealkylation sites (N-methyl/N-ethyl adjacent to an activating group) is 1. The summed E-state index contributed by atoms with van der Waals surface area (Å²) in [5.41, 5.74) is 12.8. The Balaban J connectivity index is 1.03. The van der Waals surface area contributed by atoms with Crippen LogP contribution < -0.4 is 11.1 Å². The first kappa shape index (κ1) is 29.9. The number of H-pyrrole nitrogens is 1. The van der Waals surface area contributed by atoms with Gasteiger partial charge in [-0.2, -0.15) is 0 Å². The highest BCUT2D eigenvalue weighted by molar-refractivity contribution is 5.83. The lowest BCUT2D eigenvalue weighted by Gasteiger charge is -2.36. The van der Waals surface area contributed by atoms with Gasteiger partial charge in [-0.05, 0) is 92.3 Å². The van der Waals surface area contributed by atoms with Gasteiger partial charge in [-0.15, -0.1) is 0 Å². The van der Waals surface area contributed by atoms with E-state index in [1.165, 1.54) is 19.3 Å². The summed E-state index contributed by atoms with van der Waals surface area (Å²) in [6.45, 7) is 8.67. The van der Waals surface area contributed by atoms with Gasteiger partial charge in [-0.25, -0.2) is 4.98 Å². The average Bonchev–Trinajstić information content (AvgIpc) is 3.90. The Bertz CT molecular complexity index is 1560. The molecule has 4 bridgehead atoms. The Morgan fingerprint density at radius 3 is 2.33 bits per heavy atom. The number of hydrogen-bond acceptors (Lipinski definition) is 6. The fourth-order valence-corrected chi connectivity index (χ4v) is 8.59. The molecule has 4 aliphatic rings. The number of imidazole rings is 1. The van der Waals surface area contributed by atoms with Crippen LogP contribution in [0.15, 0.2) is 65.9 Å². The number of rotatable bonds is 10. The number of hydrogen-bond donors (Lipinski definition) is 3. The molecule has 7 unspecified atom stereocenters. The minimum absolute atomic E-state index is 0.0218. The van der Waals surface area contributed by atoms with E-state index in [9.17, 15) is 4.79 Å². The third-order valence-electron chi connectivity index (χ3n) is 11.3. The molecule has 7 rings (SSSR count). The van der Waals surface area contributed by atoms with Gasteiger partial charge >= 0.3 is 0 Å². The second-order valence-electron chi connectivity index (χ2n) is 14.1. The number of aromatic nitrogens is 2. The van der Waals surface area contributed by atoms with Crippen LogP contribution in [0.25, 0.3) is 28.1 Å². The van der Waals surface area contributed by atoms with Gasteiger partial charge in [0.15, 0.2) is 0 Å². The van der Waals surface area contributed by atoms with Crippen molar-refractivity contribution < 1.29 is 4.79 Å². The van der Waals surface area contributed by atoms with Gasteiger partial charge in [0.05, 0.1) is 29.7 Å². The molecule has 8 nitrogen and oxygen atoms in total. The summed E-state index contributed by atoms with van der Waals surface area (Å²) in [5, 5.41) is 3.68. The number of piperidine rings is 2. The summed E-state index contributed by atoms with van der Waals surface area (Å²) < 4.78 is 0. The zero-order chi connectivity index (χ0) is 31.2. The van der Waals surface area contributed by atoms with E-state index in [0.717, 1.165) is 77.2 Å². The maximum Gasteiger partial charge on any atom is 0.240 e. The Morgan fingerprint density at radius 1 is 1.02 bits per heavy atom. The molecule has 3 heterocycles. The van der Waals surface area contributed by atoms with Crippen LogP contribution >= 0.6 is 0 Å². The normalized spacial score (nSPS) is 28.3. The molecule has 3 aromatic rings. The van der Waals surface area contributed by atoms with E-state index in [-0.39, 0.29) is 23.9 Å². The van der Waals surface area contributed by atoms with Crippen LogP contribution in [0.2, 0.25) is 0 Å². The smallest absolute Gasteiger partial charge is 0.240 e. The number of fused-ring (bicyclic) bond motifs is 4. The molecule has 7 atom stereocenters. The summed E-state index contributed by atoms with van der Waals surface area (Å²) in [6.07, 6.45) is 11.0. The molecule has 1 aromatic heterocycles. The second kappa shape index (κ2) is 12.2. The van der Waals surface area contributed by atoms with Gasteiger partial charge in [0.2, 0.25) is 5.91 Å². The first-order valence-electron chi connectivity index (χ1n) is 16.8. The number of aliphatic imine (C=N–C) groups is 1. The molecule has 2 aliphatic carbocycles. The lowest BCUT2D eigenvalue weighted by molar-refractivity contribution is -0.138. The number of carbonyl (C=O) groups is 1. The van der Waals surface area contributed by atoms with Gasteiger partial charge in [0.25, 0.3) is 0 Å². The molecule has 2 saturated carbocycles. The predicted molar refractivity (Wildman–Crippen MR) is 181 cm³/mol. The predicted octanol–water partition coefficient (Wildman–Crippen LogP) is 5.85. The molecule has 4 N–H and O–H groups in total. The Hall–Kier alpha value is -3.75. The van der Waals surface area contributed by atoms with Crippen LogP contribution in [0.3, 0.4) is 0 Å². The van der Waals surface area contributed by atoms with Crippen molar-refractivity contribution in [1.29, 1.82) is 0 Å². The van der Waals surface area contributed by atoms with E-state index in [1.54, 1.807) is 0 Å². The van der Waals surface area contributed by atoms with Crippen LogP contribution in [0, 0.1) is 17.8 Å². The number of carbonyl (C=O) groups excluding carboxylic acids is 1. The SMILES string of the molecule is C=N/C=C(\NCC1C2CCC(C2)N1C)c1ccc(-c2ccc(-c3cnc(C4C5CCC(C5)N4C(=O)C(N)C(C)C)[nH]3)cc2)cc1. The zero-order valence-corrected chi connectivity index (χ0v) is 26.8. The van der Waals surface area contributed by atoms with Crippen molar-refractivity contribution in [2.45, 2.75) is 82.6 Å². The number of benzene rings is 2. The van der Waals surface area contributed by atoms with Crippen LogP contribution in [0.5, 0.6) is 0 Å². The van der Waals surface area contributed by atoms with Gasteiger partial charge in [-0.1, -0.05) is 62.4 Å². The Labute approximate surface area is 267 Å². The van der Waals surface area contributed by atoms with Crippen molar-refractivity contribution in [2.24, 2.45) is 28.5 Å². The fraction of sp³-hybridized carbons (Fsp3) is 0.486. The second-order valence-corrected chi connectivity index (χ2v) is 14.1. The topological polar surface area (TPSA) is 103 Å². The number of nitrogens with two attached hydrogens (primary N) is 1. The highest BCUT2D eigenvalue weighted by atomic mass is 16.2. The highest BCUT2D eigenvalue weighted by Gasteiger charge is 2.51. The van der Waals surface area contributed by atoms with Crippen LogP contribution in [0.1, 0.15) is 69.8 Å². The van der Waals surface area contributed by atoms with Crippen molar-refractivity contribution in [3.63, 3.8) is 0 Å². The van der Waals surface area contributed by atoms with Crippen molar-refractivity contribution in [1.82, 2.24) is 25.1 Å². The van der Waals surface area contributed by atoms with Gasteiger partial charge in [-0.3, -0.25) is 14.7 Å². The molecule has 2 aliphatic heterocycles. The summed E-state index contributed by atoms with van der Waals surface area (Å²) >= 11 is 0. The molecule has 0 radical (unpaired) electrons. The van der Waals surface area contributed by atoms with Crippen LogP contribution in [0.4, 0.5) is 0 Å². The van der Waals surface area contributed by atoms with E-state index in [0.29, 0.717) is 12.0 Å². The molecule has 0 spiro atoms. The minimum Gasteiger partial charge on any atom is -0.382 e. The zero-order valence-electron chi connectivity index (χ0n) is 26.8. The van der Waals surface area contributed by atoms with Gasteiger partial charge < -0.3 is 20.9 Å². The molecule has 236 valence electrons. The Kier molecular flexibility index (Phi) is 8.12. The highest BCUT2D eigenvalue weighted by Crippen LogP contribution is 2.50. The molecule has 8 heteroatoms. The summed E-state index contributed by atoms with van der Waals surface area (Å²) in [6, 6.07) is 18.4. The monoisotopic (exact) mass is 605 g/mol. The molecule has 2 saturated heterocycles. The van der Waals surface area contributed by atoms with E-state index in [1.807, 2.05) is 31.1 Å². The van der Waals surface area contributed by atoms with Crippen LogP contribution in [-0.2, 0) is 4.79 Å². The standard InChI is InChI=1S/C37H47N7O/c1-22(2)34(38)37(45)44-30-16-14-28(18-30)35(44)36-41-20-32(42-36)26-11-7-24(8-12-26)23-5-9-25(10-6-23)31(19-39-3)40-21-33-27-13-15-29(17-27)43(33)4/h5-12,19-20,22,27-30,33-35,40H,3,13-18,21,38H2,1-2,4H3,(H,41,42)/b31-19-. The maximum atomic E-state index is 13.4. The molecule has 2 aromatic carbocycles. The molecule has 1 amide bonds. The van der Waals surface area contributed by atoms with Crippen LogP contribution in [-0.4, -0.2) is 70.2 Å². The van der Waals surface area contributed by atoms with Gasteiger partial charge in [0.1, 0.15) is 5.82 Å². The summed E-state index contributed by atoms with van der Waals surface area (Å²) in [7, 11) is 2.27. The molecule has 4 fully saturated rings. The first-order chi connectivity index (χ1) is 21.8. The first-order valence-corrected chi connectivity index (χ1v) is 16.8. The molecular formula is C37H47N7O. The number of nitrogens with zero attached hydrogens (tertiary/aromatic N) is 4. The molecule has 45 heavy (non-hydrogen) atoms. The maximum absolute atomic E-state index is 13.4. The quantitative estimate of drug-likeness (QED) is 0.252. The number of likely N-dealkylation sites (tertiary alicyclic amines) is 2. The van der Waals surface area contributed by atoms with Crippen molar-refractivity contribution in [2.75, 3.05) is 13.6 Å². The van der Waals surface area contributed by atoms with E-state index < -0.39 is 6.04 Å². The van der Waals surface area contributed by atoms with Crippen molar-refractivity contribution in [3.05, 3.63) is 72.3 Å². The number of nitrogens with one attached hydrogen (secondary N) is 2. The van der Waals surface area contributed by atoms with Gasteiger partial charge in [0, 0.05) is 30.9 Å². The fourth-order valence-electron chi connectivity index (χ4n) is 8.59. The van der Waals surface area contributed by atoms with Crippen molar-refractivity contribution >= 4 is 18.3 Å². The van der Waals surface area contributed by atoms with E-state index >= 15 is 0 Å². The number of aromatic amines is 1. The largest absolute Gasteiger partial charge is 0.382 e. The average molecular weight is 606 g/mol. The number of amides is 1. The van der Waals surface area contributed by atoms with E-state index in [4.69, 9.17) is 10.7 Å². The third kappa shape index (κ3) is 5.52. The molecular weight excluding hydrogens is 558 g/mol. The minimum atomic E-state index is -0.477. The third-order valence-corrected chi connectivity index (χ3v) is 11.3. The Morgan fingerprint density at radius 2 is 1.67 bits per heavy atom. The lowest BCUT2D eigenvalue weighted by atomic mass is 9.96. The lowest BCUT2D eigenvalue weighted by Crippen LogP contribution is -2.50. The van der Waals surface area contributed by atoms with E-state index in [2.05, 4.69) is 82.5 Å². The summed E-state index contributed by atoms with van der Waals surface area (Å²) in [5.74, 6) is 2.28. The van der Waals surface area contributed by atoms with Crippen molar-refractivity contribution in [3.8, 4) is 22.4 Å². The summed E-state index contributed by atoms with van der Waals surface area (Å²) in [4.78, 5) is 30.4.